The Morgan fingerprint density at radius 3 is 2.76 bits per heavy atom. The van der Waals surface area contributed by atoms with Gasteiger partial charge in [-0.15, -0.1) is 12.4 Å². The summed E-state index contributed by atoms with van der Waals surface area (Å²) in [6.45, 7) is 2.74. The zero-order valence-electron chi connectivity index (χ0n) is 9.21. The Morgan fingerprint density at radius 2 is 2.29 bits per heavy atom. The van der Waals surface area contributed by atoms with Crippen LogP contribution < -0.4 is 11.1 Å². The second kappa shape index (κ2) is 6.87. The number of nitrogens with two attached hydrogens (primary N) is 1. The summed E-state index contributed by atoms with van der Waals surface area (Å²) in [5.74, 6) is -0.852. The number of nitrogens with zero attached hydrogens (tertiary/aromatic N) is 1. The fourth-order valence-electron chi connectivity index (χ4n) is 0.985. The molecule has 0 bridgehead atoms. The zero-order valence-corrected chi connectivity index (χ0v) is 10.0. The maximum Gasteiger partial charge on any atom is 0.433 e. The summed E-state index contributed by atoms with van der Waals surface area (Å²) in [5, 5.41) is 12.9. The molecule has 1 rings (SSSR count). The van der Waals surface area contributed by atoms with E-state index in [1.807, 2.05) is 6.92 Å². The molecular weight excluding hydrogens is 250 g/mol. The predicted octanol–water partition coefficient (Wildman–Crippen LogP) is 0.934. The lowest BCUT2D eigenvalue weighted by Gasteiger charge is -2.08. The van der Waals surface area contributed by atoms with E-state index in [2.05, 4.69) is 5.32 Å². The molecule has 3 N–H and O–H groups in total. The van der Waals surface area contributed by atoms with Gasteiger partial charge in [0.15, 0.2) is 5.76 Å². The first kappa shape index (κ1) is 15.4. The third kappa shape index (κ3) is 4.41. The molecule has 17 heavy (non-hydrogen) atoms. The molecule has 1 heterocycles. The minimum Gasteiger partial charge on any atom is -0.395 e. The normalized spacial score (nSPS) is 11.4. The van der Waals surface area contributed by atoms with E-state index < -0.39 is 16.7 Å². The van der Waals surface area contributed by atoms with Crippen molar-refractivity contribution in [1.29, 1.82) is 0 Å². The number of hydrogen-bond acceptors (Lipinski definition) is 5. The van der Waals surface area contributed by atoms with Crippen LogP contribution in [0.1, 0.15) is 17.5 Å². The molecule has 0 spiro atoms. The van der Waals surface area contributed by atoms with Gasteiger partial charge in [0.1, 0.15) is 4.92 Å². The van der Waals surface area contributed by atoms with Gasteiger partial charge in [0.25, 0.3) is 5.91 Å². The monoisotopic (exact) mass is 263 g/mol. The topological polar surface area (TPSA) is 111 Å². The zero-order chi connectivity index (χ0) is 12.1. The third-order valence-electron chi connectivity index (χ3n) is 2.01. The number of nitro groups is 1. The molecule has 0 radical (unpaired) electrons. The maximum absolute atomic E-state index is 11.4. The van der Waals surface area contributed by atoms with E-state index in [0.717, 1.165) is 6.07 Å². The average molecular weight is 264 g/mol. The largest absolute Gasteiger partial charge is 0.433 e. The van der Waals surface area contributed by atoms with Crippen molar-refractivity contribution in [1.82, 2.24) is 5.32 Å². The summed E-state index contributed by atoms with van der Waals surface area (Å²) >= 11 is 0. The lowest BCUT2D eigenvalue weighted by Crippen LogP contribution is -2.30. The van der Waals surface area contributed by atoms with Crippen molar-refractivity contribution < 1.29 is 14.1 Å². The molecule has 1 atom stereocenters. The van der Waals surface area contributed by atoms with Crippen LogP contribution in [0.2, 0.25) is 0 Å². The van der Waals surface area contributed by atoms with E-state index in [1.54, 1.807) is 0 Å². The van der Waals surface area contributed by atoms with E-state index in [0.29, 0.717) is 13.1 Å². The fraction of sp³-hybridized carbons (Fsp3) is 0.444. The Bertz CT molecular complexity index is 393. The van der Waals surface area contributed by atoms with Crippen LogP contribution in [0.3, 0.4) is 0 Å². The van der Waals surface area contributed by atoms with Crippen molar-refractivity contribution >= 4 is 24.2 Å². The summed E-state index contributed by atoms with van der Waals surface area (Å²) in [4.78, 5) is 21.1. The van der Waals surface area contributed by atoms with Gasteiger partial charge >= 0.3 is 5.88 Å². The van der Waals surface area contributed by atoms with Crippen LogP contribution in [-0.2, 0) is 0 Å². The Kier molecular flexibility index (Phi) is 6.22. The number of carbonyl (C=O) groups excluding carboxylic acids is 1. The molecule has 0 saturated heterocycles. The van der Waals surface area contributed by atoms with Gasteiger partial charge < -0.3 is 15.5 Å². The summed E-state index contributed by atoms with van der Waals surface area (Å²) in [6, 6.07) is 2.40. The highest BCUT2D eigenvalue weighted by Gasteiger charge is 2.17. The van der Waals surface area contributed by atoms with Gasteiger partial charge in [-0.1, -0.05) is 6.92 Å². The average Bonchev–Trinajstić information content (AvgIpc) is 2.74. The van der Waals surface area contributed by atoms with Crippen molar-refractivity contribution in [3.63, 3.8) is 0 Å². The predicted molar refractivity (Wildman–Crippen MR) is 63.2 cm³/mol. The Labute approximate surface area is 104 Å². The van der Waals surface area contributed by atoms with Crippen LogP contribution >= 0.6 is 12.4 Å². The Hall–Kier alpha value is -1.60. The molecule has 1 amide bonds. The molecular formula is C9H14ClN3O4. The standard InChI is InChI=1S/C9H13N3O4.ClH/c1-6(4-10)5-11-9(13)7-2-3-8(16-7)12(14)15;/h2-3,6H,4-5,10H2,1H3,(H,11,13);1H. The van der Waals surface area contributed by atoms with Crippen LogP contribution in [0.25, 0.3) is 0 Å². The van der Waals surface area contributed by atoms with Crippen LogP contribution in [0.15, 0.2) is 16.5 Å². The van der Waals surface area contributed by atoms with Gasteiger partial charge in [-0.3, -0.25) is 14.9 Å². The van der Waals surface area contributed by atoms with E-state index in [4.69, 9.17) is 10.2 Å². The molecule has 96 valence electrons. The van der Waals surface area contributed by atoms with Gasteiger partial charge in [0.2, 0.25) is 0 Å². The molecule has 0 aliphatic carbocycles. The first-order chi connectivity index (χ1) is 7.54. The number of rotatable bonds is 5. The SMILES string of the molecule is CC(CN)CNC(=O)c1ccc([N+](=O)[O-])o1.Cl. The number of carbonyl (C=O) groups is 1. The number of amides is 1. The second-order valence-electron chi connectivity index (χ2n) is 3.45. The van der Waals surface area contributed by atoms with Gasteiger partial charge in [0.05, 0.1) is 6.07 Å². The van der Waals surface area contributed by atoms with Gasteiger partial charge in [-0.05, 0) is 18.5 Å². The first-order valence-corrected chi connectivity index (χ1v) is 4.77. The smallest absolute Gasteiger partial charge is 0.395 e. The highest BCUT2D eigenvalue weighted by molar-refractivity contribution is 5.91. The lowest BCUT2D eigenvalue weighted by atomic mass is 10.2. The highest BCUT2D eigenvalue weighted by atomic mass is 35.5. The quantitative estimate of drug-likeness (QED) is 0.606. The Balaban J connectivity index is 0.00000256. The van der Waals surface area contributed by atoms with Crippen LogP contribution in [0, 0.1) is 16.0 Å². The molecule has 0 aliphatic rings. The molecule has 0 aliphatic heterocycles. The third-order valence-corrected chi connectivity index (χ3v) is 2.01. The van der Waals surface area contributed by atoms with E-state index >= 15 is 0 Å². The minimum atomic E-state index is -0.695. The molecule has 0 saturated carbocycles. The van der Waals surface area contributed by atoms with Crippen molar-refractivity contribution in [2.45, 2.75) is 6.92 Å². The van der Waals surface area contributed by atoms with Gasteiger partial charge in [-0.25, -0.2) is 0 Å². The molecule has 0 aromatic carbocycles. The summed E-state index contributed by atoms with van der Waals surface area (Å²) in [7, 11) is 0. The van der Waals surface area contributed by atoms with E-state index in [1.165, 1.54) is 6.07 Å². The number of nitrogens with one attached hydrogen (secondary N) is 1. The van der Waals surface area contributed by atoms with Crippen molar-refractivity contribution in [3.8, 4) is 0 Å². The second-order valence-corrected chi connectivity index (χ2v) is 3.45. The molecule has 7 nitrogen and oxygen atoms in total. The van der Waals surface area contributed by atoms with Crippen LogP contribution in [0.4, 0.5) is 5.88 Å². The van der Waals surface area contributed by atoms with Crippen molar-refractivity contribution in [2.24, 2.45) is 11.7 Å². The minimum absolute atomic E-state index is 0. The number of hydrogen-bond donors (Lipinski definition) is 2. The molecule has 0 fully saturated rings. The molecule has 8 heteroatoms. The van der Waals surface area contributed by atoms with Crippen molar-refractivity contribution in [3.05, 3.63) is 28.0 Å². The van der Waals surface area contributed by atoms with Crippen molar-refractivity contribution in [2.75, 3.05) is 13.1 Å². The number of halogens is 1. The summed E-state index contributed by atoms with van der Waals surface area (Å²) in [5.41, 5.74) is 5.38. The van der Waals surface area contributed by atoms with E-state index in [-0.39, 0.29) is 24.1 Å². The highest BCUT2D eigenvalue weighted by Crippen LogP contribution is 2.15. The molecule has 1 aromatic rings. The fourth-order valence-corrected chi connectivity index (χ4v) is 0.985. The lowest BCUT2D eigenvalue weighted by molar-refractivity contribution is -0.402. The molecule has 1 aromatic heterocycles. The Morgan fingerprint density at radius 1 is 1.65 bits per heavy atom. The van der Waals surface area contributed by atoms with Crippen LogP contribution in [0.5, 0.6) is 0 Å². The maximum atomic E-state index is 11.4. The molecule has 1 unspecified atom stereocenters. The summed E-state index contributed by atoms with van der Waals surface area (Å²) < 4.78 is 4.73. The van der Waals surface area contributed by atoms with Gasteiger partial charge in [-0.2, -0.15) is 0 Å². The van der Waals surface area contributed by atoms with E-state index in [9.17, 15) is 14.9 Å². The van der Waals surface area contributed by atoms with Crippen LogP contribution in [-0.4, -0.2) is 23.9 Å². The summed E-state index contributed by atoms with van der Waals surface area (Å²) in [6.07, 6.45) is 0. The first-order valence-electron chi connectivity index (χ1n) is 4.77. The van der Waals surface area contributed by atoms with Gasteiger partial charge in [0, 0.05) is 6.54 Å². The number of furan rings is 1.